The first-order chi connectivity index (χ1) is 8.63. The lowest BCUT2D eigenvalue weighted by molar-refractivity contribution is -0.109. The van der Waals surface area contributed by atoms with Crippen molar-refractivity contribution in [1.82, 2.24) is 5.32 Å². The summed E-state index contributed by atoms with van der Waals surface area (Å²) in [4.78, 5) is 22.0. The van der Waals surface area contributed by atoms with Gasteiger partial charge in [0.15, 0.2) is 5.12 Å². The Hall–Kier alpha value is -1.55. The lowest BCUT2D eigenvalue weighted by Gasteiger charge is -1.99. The van der Waals surface area contributed by atoms with Gasteiger partial charge in [0.1, 0.15) is 0 Å². The lowest BCUT2D eigenvalue weighted by atomic mass is 10.1. The van der Waals surface area contributed by atoms with Gasteiger partial charge < -0.3 is 5.32 Å². The summed E-state index contributed by atoms with van der Waals surface area (Å²) < 4.78 is 0. The molecule has 0 fully saturated rings. The van der Waals surface area contributed by atoms with E-state index in [-0.39, 0.29) is 11.0 Å². The molecule has 0 saturated heterocycles. The number of carbonyl (C=O) groups is 2. The molecule has 1 rings (SSSR count). The van der Waals surface area contributed by atoms with E-state index >= 15 is 0 Å². The fourth-order valence-electron chi connectivity index (χ4n) is 1.38. The van der Waals surface area contributed by atoms with E-state index in [4.69, 9.17) is 0 Å². The monoisotopic (exact) mass is 263 g/mol. The molecule has 0 aliphatic rings. The van der Waals surface area contributed by atoms with Crippen molar-refractivity contribution < 1.29 is 9.59 Å². The van der Waals surface area contributed by atoms with Gasteiger partial charge in [-0.15, -0.1) is 0 Å². The summed E-state index contributed by atoms with van der Waals surface area (Å²) in [5.74, 6) is 0.727. The van der Waals surface area contributed by atoms with Crippen molar-refractivity contribution in [1.29, 1.82) is 0 Å². The van der Waals surface area contributed by atoms with Crippen LogP contribution in [0.15, 0.2) is 30.3 Å². The van der Waals surface area contributed by atoms with Gasteiger partial charge in [-0.2, -0.15) is 0 Å². The Kier molecular flexibility index (Phi) is 6.22. The molecule has 96 valence electrons. The maximum Gasteiger partial charge on any atom is 0.251 e. The van der Waals surface area contributed by atoms with Crippen LogP contribution in [0.25, 0.3) is 6.08 Å². The zero-order valence-corrected chi connectivity index (χ0v) is 11.4. The highest BCUT2D eigenvalue weighted by Crippen LogP contribution is 2.08. The quantitative estimate of drug-likeness (QED) is 0.831. The van der Waals surface area contributed by atoms with Gasteiger partial charge >= 0.3 is 0 Å². The third kappa shape index (κ3) is 5.19. The molecule has 0 spiro atoms. The summed E-state index contributed by atoms with van der Waals surface area (Å²) in [5, 5.41) is 2.73. The van der Waals surface area contributed by atoms with Crippen LogP contribution in [0.4, 0.5) is 0 Å². The van der Waals surface area contributed by atoms with Gasteiger partial charge in [0, 0.05) is 25.3 Å². The molecule has 18 heavy (non-hydrogen) atoms. The maximum atomic E-state index is 11.3. The van der Waals surface area contributed by atoms with Crippen molar-refractivity contribution in [3.8, 4) is 0 Å². The molecule has 1 aromatic rings. The Labute approximate surface area is 112 Å². The van der Waals surface area contributed by atoms with E-state index in [9.17, 15) is 9.59 Å². The second-order valence-corrected chi connectivity index (χ2v) is 5.00. The van der Waals surface area contributed by atoms with Gasteiger partial charge in [0.2, 0.25) is 0 Å². The summed E-state index contributed by atoms with van der Waals surface area (Å²) in [6, 6.07) is 7.39. The molecule has 0 bridgehead atoms. The zero-order valence-electron chi connectivity index (χ0n) is 10.6. The van der Waals surface area contributed by atoms with Gasteiger partial charge in [-0.25, -0.2) is 0 Å². The fourth-order valence-corrected chi connectivity index (χ4v) is 1.92. The Morgan fingerprint density at radius 2 is 1.94 bits per heavy atom. The molecule has 1 N–H and O–H groups in total. The average molecular weight is 263 g/mol. The third-order valence-corrected chi connectivity index (χ3v) is 3.15. The molecule has 0 aliphatic heterocycles. The third-order valence-electron chi connectivity index (χ3n) is 2.30. The molecular formula is C14H17NO2S. The minimum Gasteiger partial charge on any atom is -0.355 e. The maximum absolute atomic E-state index is 11.3. The molecule has 0 radical (unpaired) electrons. The summed E-state index contributed by atoms with van der Waals surface area (Å²) in [7, 11) is 1.61. The Balaban J connectivity index is 2.45. The van der Waals surface area contributed by atoms with Gasteiger partial charge in [0.05, 0.1) is 0 Å². The van der Waals surface area contributed by atoms with Crippen LogP contribution in [-0.4, -0.2) is 23.8 Å². The molecule has 0 aliphatic carbocycles. The Morgan fingerprint density at radius 1 is 1.28 bits per heavy atom. The number of allylic oxidation sites excluding steroid dienone is 1. The second-order valence-electron chi connectivity index (χ2n) is 3.73. The Bertz CT molecular complexity index is 438. The summed E-state index contributed by atoms with van der Waals surface area (Å²) in [6.45, 7) is 1.58. The SMILES string of the molecule is CNC(=O)c1ccc(C=CCCSC(C)=O)cc1. The molecular weight excluding hydrogens is 246 g/mol. The lowest BCUT2D eigenvalue weighted by Crippen LogP contribution is -2.17. The number of rotatable bonds is 5. The highest BCUT2D eigenvalue weighted by Gasteiger charge is 2.00. The van der Waals surface area contributed by atoms with E-state index in [2.05, 4.69) is 5.32 Å². The molecule has 3 nitrogen and oxygen atoms in total. The van der Waals surface area contributed by atoms with E-state index < -0.39 is 0 Å². The number of carbonyl (C=O) groups excluding carboxylic acids is 2. The predicted molar refractivity (Wildman–Crippen MR) is 76.6 cm³/mol. The molecule has 1 amide bonds. The van der Waals surface area contributed by atoms with Crippen molar-refractivity contribution in [2.75, 3.05) is 12.8 Å². The standard InChI is InChI=1S/C14H17NO2S/c1-11(16)18-10-4-3-5-12-6-8-13(9-7-12)14(17)15-2/h3,5-9H,4,10H2,1-2H3,(H,15,17). The van der Waals surface area contributed by atoms with E-state index in [1.54, 1.807) is 26.1 Å². The Morgan fingerprint density at radius 3 is 2.50 bits per heavy atom. The van der Waals surface area contributed by atoms with E-state index in [1.165, 1.54) is 11.8 Å². The van der Waals surface area contributed by atoms with Crippen LogP contribution >= 0.6 is 11.8 Å². The highest BCUT2D eigenvalue weighted by atomic mass is 32.2. The molecule has 0 unspecified atom stereocenters. The number of nitrogens with one attached hydrogen (secondary N) is 1. The second kappa shape index (κ2) is 7.71. The number of benzene rings is 1. The van der Waals surface area contributed by atoms with Gasteiger partial charge in [-0.1, -0.05) is 36.0 Å². The van der Waals surface area contributed by atoms with Crippen LogP contribution in [0.1, 0.15) is 29.3 Å². The van der Waals surface area contributed by atoms with Crippen molar-refractivity contribution >= 4 is 28.9 Å². The summed E-state index contributed by atoms with van der Waals surface area (Å²) in [5.41, 5.74) is 1.71. The van der Waals surface area contributed by atoms with Crippen molar-refractivity contribution in [2.45, 2.75) is 13.3 Å². The van der Waals surface area contributed by atoms with Gasteiger partial charge in [-0.3, -0.25) is 9.59 Å². The molecule has 4 heteroatoms. The number of hydrogen-bond acceptors (Lipinski definition) is 3. The van der Waals surface area contributed by atoms with Gasteiger partial charge in [0.25, 0.3) is 5.91 Å². The minimum absolute atomic E-state index is 0.0802. The first-order valence-electron chi connectivity index (χ1n) is 5.75. The van der Waals surface area contributed by atoms with Crippen LogP contribution < -0.4 is 5.32 Å². The van der Waals surface area contributed by atoms with Crippen molar-refractivity contribution in [2.24, 2.45) is 0 Å². The van der Waals surface area contributed by atoms with Crippen molar-refractivity contribution in [3.63, 3.8) is 0 Å². The average Bonchev–Trinajstić information content (AvgIpc) is 2.38. The van der Waals surface area contributed by atoms with Crippen LogP contribution in [0, 0.1) is 0 Å². The van der Waals surface area contributed by atoms with E-state index in [0.29, 0.717) is 5.56 Å². The molecule has 0 aromatic heterocycles. The van der Waals surface area contributed by atoms with Crippen LogP contribution in [0.2, 0.25) is 0 Å². The molecule has 0 atom stereocenters. The van der Waals surface area contributed by atoms with E-state index in [0.717, 1.165) is 17.7 Å². The highest BCUT2D eigenvalue weighted by molar-refractivity contribution is 8.13. The smallest absolute Gasteiger partial charge is 0.251 e. The zero-order chi connectivity index (χ0) is 13.4. The first-order valence-corrected chi connectivity index (χ1v) is 6.74. The van der Waals surface area contributed by atoms with Crippen LogP contribution in [0.5, 0.6) is 0 Å². The number of hydrogen-bond donors (Lipinski definition) is 1. The minimum atomic E-state index is -0.0802. The summed E-state index contributed by atoms with van der Waals surface area (Å²) >= 11 is 1.33. The normalized spacial score (nSPS) is 10.6. The fraction of sp³-hybridized carbons (Fsp3) is 0.286. The van der Waals surface area contributed by atoms with E-state index in [1.807, 2.05) is 24.3 Å². The summed E-state index contributed by atoms with van der Waals surface area (Å²) in [6.07, 6.45) is 4.89. The topological polar surface area (TPSA) is 46.2 Å². The van der Waals surface area contributed by atoms with Crippen LogP contribution in [0.3, 0.4) is 0 Å². The van der Waals surface area contributed by atoms with Crippen LogP contribution in [-0.2, 0) is 4.79 Å². The van der Waals surface area contributed by atoms with Gasteiger partial charge in [-0.05, 0) is 24.1 Å². The molecule has 0 saturated carbocycles. The largest absolute Gasteiger partial charge is 0.355 e. The van der Waals surface area contributed by atoms with Crippen molar-refractivity contribution in [3.05, 3.63) is 41.5 Å². The predicted octanol–water partition coefficient (Wildman–Crippen LogP) is 2.73. The molecule has 0 heterocycles. The first kappa shape index (κ1) is 14.5. The molecule has 1 aromatic carbocycles. The number of amides is 1. The number of thioether (sulfide) groups is 1.